The van der Waals surface area contributed by atoms with Gasteiger partial charge in [-0.15, -0.1) is 22.7 Å². The summed E-state index contributed by atoms with van der Waals surface area (Å²) in [6, 6.07) is 6.61. The first-order valence-corrected chi connectivity index (χ1v) is 7.60. The molecule has 0 aromatic carbocycles. The summed E-state index contributed by atoms with van der Waals surface area (Å²) >= 11 is 7.52. The predicted molar refractivity (Wildman–Crippen MR) is 73.5 cm³/mol. The molecule has 2 rings (SSSR count). The SMILES string of the molecule is CCc1cc(C)sc1C(Br)c1cccs1. The van der Waals surface area contributed by atoms with Crippen LogP contribution in [0.1, 0.15) is 31.9 Å². The molecular formula is C12H13BrS2. The lowest BCUT2D eigenvalue weighted by Crippen LogP contribution is -1.90. The van der Waals surface area contributed by atoms with E-state index in [0.29, 0.717) is 4.83 Å². The van der Waals surface area contributed by atoms with Crippen LogP contribution in [0.15, 0.2) is 23.6 Å². The van der Waals surface area contributed by atoms with Crippen molar-refractivity contribution in [2.45, 2.75) is 25.1 Å². The Morgan fingerprint density at radius 3 is 2.87 bits per heavy atom. The molecule has 2 aromatic heterocycles. The molecule has 2 aromatic rings. The summed E-state index contributed by atoms with van der Waals surface area (Å²) < 4.78 is 0. The van der Waals surface area contributed by atoms with Gasteiger partial charge < -0.3 is 0 Å². The second-order valence-corrected chi connectivity index (χ2v) is 6.66. The van der Waals surface area contributed by atoms with E-state index in [2.05, 4.69) is 53.4 Å². The molecule has 15 heavy (non-hydrogen) atoms. The van der Waals surface area contributed by atoms with Gasteiger partial charge in [0.05, 0.1) is 4.83 Å². The van der Waals surface area contributed by atoms with Crippen LogP contribution in [0.4, 0.5) is 0 Å². The predicted octanol–water partition coefficient (Wildman–Crippen LogP) is 5.16. The second-order valence-electron chi connectivity index (χ2n) is 3.48. The van der Waals surface area contributed by atoms with E-state index in [1.165, 1.54) is 20.2 Å². The van der Waals surface area contributed by atoms with Crippen molar-refractivity contribution in [3.63, 3.8) is 0 Å². The fourth-order valence-corrected chi connectivity index (χ4v) is 4.59. The van der Waals surface area contributed by atoms with E-state index in [9.17, 15) is 0 Å². The van der Waals surface area contributed by atoms with Gasteiger partial charge in [-0.05, 0) is 36.4 Å². The number of rotatable bonds is 3. The number of hydrogen-bond acceptors (Lipinski definition) is 2. The Morgan fingerprint density at radius 2 is 2.27 bits per heavy atom. The van der Waals surface area contributed by atoms with Gasteiger partial charge in [-0.1, -0.05) is 28.9 Å². The van der Waals surface area contributed by atoms with Gasteiger partial charge in [0.25, 0.3) is 0 Å². The van der Waals surface area contributed by atoms with Crippen molar-refractivity contribution in [2.24, 2.45) is 0 Å². The fourth-order valence-electron chi connectivity index (χ4n) is 1.64. The first kappa shape index (κ1) is 11.4. The highest BCUT2D eigenvalue weighted by atomic mass is 79.9. The molecular weight excluding hydrogens is 288 g/mol. The highest BCUT2D eigenvalue weighted by Gasteiger charge is 2.17. The molecule has 0 nitrogen and oxygen atoms in total. The minimum Gasteiger partial charge on any atom is -0.147 e. The topological polar surface area (TPSA) is 0 Å². The first-order valence-electron chi connectivity index (χ1n) is 4.99. The maximum absolute atomic E-state index is 3.80. The maximum atomic E-state index is 3.80. The van der Waals surface area contributed by atoms with Crippen molar-refractivity contribution < 1.29 is 0 Å². The monoisotopic (exact) mass is 300 g/mol. The Morgan fingerprint density at radius 1 is 1.47 bits per heavy atom. The van der Waals surface area contributed by atoms with Crippen LogP contribution in [0.2, 0.25) is 0 Å². The molecule has 0 saturated heterocycles. The first-order chi connectivity index (χ1) is 7.22. The molecule has 0 saturated carbocycles. The van der Waals surface area contributed by atoms with Gasteiger partial charge in [-0.25, -0.2) is 0 Å². The highest BCUT2D eigenvalue weighted by molar-refractivity contribution is 9.09. The number of halogens is 1. The summed E-state index contributed by atoms with van der Waals surface area (Å²) in [4.78, 5) is 4.65. The molecule has 0 aliphatic heterocycles. The van der Waals surface area contributed by atoms with Gasteiger partial charge >= 0.3 is 0 Å². The average Bonchev–Trinajstić information content (AvgIpc) is 2.84. The minimum absolute atomic E-state index is 0.381. The lowest BCUT2D eigenvalue weighted by molar-refractivity contribution is 1.10. The Bertz CT molecular complexity index is 428. The molecule has 0 spiro atoms. The van der Waals surface area contributed by atoms with E-state index >= 15 is 0 Å². The third kappa shape index (κ3) is 2.35. The molecule has 0 N–H and O–H groups in total. The smallest absolute Gasteiger partial charge is 0.0833 e. The van der Waals surface area contributed by atoms with Crippen molar-refractivity contribution in [2.75, 3.05) is 0 Å². The largest absolute Gasteiger partial charge is 0.147 e. The van der Waals surface area contributed by atoms with Gasteiger partial charge in [-0.2, -0.15) is 0 Å². The van der Waals surface area contributed by atoms with Crippen LogP contribution in [0.25, 0.3) is 0 Å². The molecule has 0 aliphatic rings. The summed E-state index contributed by atoms with van der Waals surface area (Å²) in [5.41, 5.74) is 1.48. The van der Waals surface area contributed by atoms with Crippen molar-refractivity contribution in [1.29, 1.82) is 0 Å². The van der Waals surface area contributed by atoms with Crippen LogP contribution in [0.5, 0.6) is 0 Å². The van der Waals surface area contributed by atoms with E-state index in [0.717, 1.165) is 6.42 Å². The minimum atomic E-state index is 0.381. The molecule has 0 aliphatic carbocycles. The molecule has 0 amide bonds. The Labute approximate surface area is 107 Å². The summed E-state index contributed by atoms with van der Waals surface area (Å²) in [6.45, 7) is 4.40. The normalized spacial score (nSPS) is 13.0. The molecule has 0 radical (unpaired) electrons. The molecule has 1 unspecified atom stereocenters. The van der Waals surface area contributed by atoms with Gasteiger partial charge in [-0.3, -0.25) is 0 Å². The number of aryl methyl sites for hydroxylation is 2. The molecule has 3 heteroatoms. The highest BCUT2D eigenvalue weighted by Crippen LogP contribution is 2.39. The van der Waals surface area contributed by atoms with Crippen molar-refractivity contribution in [1.82, 2.24) is 0 Å². The van der Waals surface area contributed by atoms with E-state index < -0.39 is 0 Å². The number of thiophene rings is 2. The second kappa shape index (κ2) is 4.81. The lowest BCUT2D eigenvalue weighted by Gasteiger charge is -2.07. The Balaban J connectivity index is 2.36. The molecule has 2 heterocycles. The van der Waals surface area contributed by atoms with Crippen LogP contribution < -0.4 is 0 Å². The van der Waals surface area contributed by atoms with Crippen molar-refractivity contribution in [3.05, 3.63) is 43.8 Å². The van der Waals surface area contributed by atoms with E-state index in [-0.39, 0.29) is 0 Å². The quantitative estimate of drug-likeness (QED) is 0.687. The summed E-state index contributed by atoms with van der Waals surface area (Å²) in [5, 5.41) is 2.13. The third-order valence-electron chi connectivity index (χ3n) is 2.37. The Kier molecular flexibility index (Phi) is 3.65. The van der Waals surface area contributed by atoms with Crippen LogP contribution in [0.3, 0.4) is 0 Å². The van der Waals surface area contributed by atoms with Gasteiger partial charge in [0.2, 0.25) is 0 Å². The molecule has 0 fully saturated rings. The van der Waals surface area contributed by atoms with Crippen molar-refractivity contribution in [3.8, 4) is 0 Å². The average molecular weight is 301 g/mol. The molecule has 80 valence electrons. The zero-order chi connectivity index (χ0) is 10.8. The van der Waals surface area contributed by atoms with Gasteiger partial charge in [0, 0.05) is 14.6 Å². The third-order valence-corrected chi connectivity index (χ3v) is 6.02. The van der Waals surface area contributed by atoms with E-state index in [4.69, 9.17) is 0 Å². The fraction of sp³-hybridized carbons (Fsp3) is 0.333. The van der Waals surface area contributed by atoms with Gasteiger partial charge in [0.1, 0.15) is 0 Å². The lowest BCUT2D eigenvalue weighted by atomic mass is 10.1. The molecule has 1 atom stereocenters. The van der Waals surface area contributed by atoms with Crippen LogP contribution in [-0.4, -0.2) is 0 Å². The zero-order valence-corrected chi connectivity index (χ0v) is 12.0. The number of hydrogen-bond donors (Lipinski definition) is 0. The van der Waals surface area contributed by atoms with Crippen LogP contribution in [-0.2, 0) is 6.42 Å². The van der Waals surface area contributed by atoms with Crippen LogP contribution in [0, 0.1) is 6.92 Å². The Hall–Kier alpha value is -0.120. The van der Waals surface area contributed by atoms with E-state index in [1.807, 2.05) is 22.7 Å². The molecule has 0 bridgehead atoms. The standard InChI is InChI=1S/C12H13BrS2/c1-3-9-7-8(2)15-12(9)11(13)10-5-4-6-14-10/h4-7,11H,3H2,1-2H3. The number of alkyl halides is 1. The van der Waals surface area contributed by atoms with Gasteiger partial charge in [0.15, 0.2) is 0 Å². The van der Waals surface area contributed by atoms with E-state index in [1.54, 1.807) is 0 Å². The van der Waals surface area contributed by atoms with Crippen LogP contribution >= 0.6 is 38.6 Å². The van der Waals surface area contributed by atoms with Crippen molar-refractivity contribution >= 4 is 38.6 Å². The summed E-state index contributed by atoms with van der Waals surface area (Å²) in [7, 11) is 0. The summed E-state index contributed by atoms with van der Waals surface area (Å²) in [5.74, 6) is 0. The summed E-state index contributed by atoms with van der Waals surface area (Å²) in [6.07, 6.45) is 1.12. The maximum Gasteiger partial charge on any atom is 0.0833 e. The zero-order valence-electron chi connectivity index (χ0n) is 8.79.